The first kappa shape index (κ1) is 16.3. The van der Waals surface area contributed by atoms with Crippen molar-refractivity contribution in [3.63, 3.8) is 0 Å². The summed E-state index contributed by atoms with van der Waals surface area (Å²) in [4.78, 5) is 2.90. The fraction of sp³-hybridized carbons (Fsp3) is 1.00. The Morgan fingerprint density at radius 3 is 2.55 bits per heavy atom. The fourth-order valence-electron chi connectivity index (χ4n) is 4.54. The molecular weight excluding hydrogens is 244 g/mol. The molecule has 2 rings (SSSR count). The normalized spacial score (nSPS) is 40.2. The van der Waals surface area contributed by atoms with Crippen molar-refractivity contribution in [2.75, 3.05) is 13.1 Å². The van der Waals surface area contributed by atoms with Crippen LogP contribution in [0.2, 0.25) is 0 Å². The Labute approximate surface area is 126 Å². The molecule has 5 unspecified atom stereocenters. The molecule has 2 fully saturated rings. The Bertz CT molecular complexity index is 289. The highest BCUT2D eigenvalue weighted by molar-refractivity contribution is 4.94. The lowest BCUT2D eigenvalue weighted by molar-refractivity contribution is 0.00718. The molecule has 1 heterocycles. The molecule has 0 aromatic heterocycles. The standard InChI is InChI=1S/C18H36N2/c1-6-7-16-12-20(18(11-19-16)13(2)3)17-9-8-14(4)10-15(17)5/h13-19H,6-12H2,1-5H3. The Morgan fingerprint density at radius 1 is 1.20 bits per heavy atom. The first-order valence-electron chi connectivity index (χ1n) is 9.02. The first-order chi connectivity index (χ1) is 9.52. The maximum Gasteiger partial charge on any atom is 0.0247 e. The van der Waals surface area contributed by atoms with Crippen LogP contribution in [0, 0.1) is 17.8 Å². The quantitative estimate of drug-likeness (QED) is 0.840. The van der Waals surface area contributed by atoms with Gasteiger partial charge in [0.25, 0.3) is 0 Å². The van der Waals surface area contributed by atoms with Crippen LogP contribution in [0.3, 0.4) is 0 Å². The third-order valence-corrected chi connectivity index (χ3v) is 5.69. The summed E-state index contributed by atoms with van der Waals surface area (Å²) < 4.78 is 0. The Morgan fingerprint density at radius 2 is 1.95 bits per heavy atom. The number of hydrogen-bond acceptors (Lipinski definition) is 2. The van der Waals surface area contributed by atoms with Crippen LogP contribution >= 0.6 is 0 Å². The second kappa shape index (κ2) is 7.26. The van der Waals surface area contributed by atoms with Gasteiger partial charge in [0.2, 0.25) is 0 Å². The molecule has 1 saturated heterocycles. The van der Waals surface area contributed by atoms with Crippen molar-refractivity contribution in [2.45, 2.75) is 84.8 Å². The van der Waals surface area contributed by atoms with Crippen LogP contribution < -0.4 is 5.32 Å². The molecule has 0 aromatic rings. The molecule has 0 spiro atoms. The Kier molecular flexibility index (Phi) is 5.92. The first-order valence-corrected chi connectivity index (χ1v) is 9.02. The molecule has 20 heavy (non-hydrogen) atoms. The maximum atomic E-state index is 3.80. The molecule has 2 heteroatoms. The number of rotatable bonds is 4. The van der Waals surface area contributed by atoms with Crippen molar-refractivity contribution in [1.29, 1.82) is 0 Å². The van der Waals surface area contributed by atoms with Crippen molar-refractivity contribution in [1.82, 2.24) is 10.2 Å². The van der Waals surface area contributed by atoms with Crippen molar-refractivity contribution >= 4 is 0 Å². The van der Waals surface area contributed by atoms with E-state index in [4.69, 9.17) is 0 Å². The highest BCUT2D eigenvalue weighted by Crippen LogP contribution is 2.34. The zero-order chi connectivity index (χ0) is 14.7. The van der Waals surface area contributed by atoms with Gasteiger partial charge in [0.15, 0.2) is 0 Å². The fourth-order valence-corrected chi connectivity index (χ4v) is 4.54. The summed E-state index contributed by atoms with van der Waals surface area (Å²) in [6.07, 6.45) is 6.92. The summed E-state index contributed by atoms with van der Waals surface area (Å²) in [6, 6.07) is 2.30. The lowest BCUT2D eigenvalue weighted by atomic mass is 9.77. The molecule has 2 aliphatic rings. The van der Waals surface area contributed by atoms with Crippen molar-refractivity contribution < 1.29 is 0 Å². The molecule has 5 atom stereocenters. The van der Waals surface area contributed by atoms with Crippen LogP contribution in [0.1, 0.15) is 66.7 Å². The van der Waals surface area contributed by atoms with Crippen LogP contribution in [0.15, 0.2) is 0 Å². The maximum absolute atomic E-state index is 3.80. The van der Waals surface area contributed by atoms with E-state index in [0.29, 0.717) is 0 Å². The van der Waals surface area contributed by atoms with E-state index in [0.717, 1.165) is 35.9 Å². The van der Waals surface area contributed by atoms with Gasteiger partial charge in [-0.3, -0.25) is 4.90 Å². The highest BCUT2D eigenvalue weighted by Gasteiger charge is 2.38. The minimum atomic E-state index is 0.724. The SMILES string of the molecule is CCCC1CN(C2CCC(C)CC2C)C(C(C)C)CN1. The molecule has 0 radical (unpaired) electrons. The molecule has 118 valence electrons. The van der Waals surface area contributed by atoms with Gasteiger partial charge in [-0.05, 0) is 43.4 Å². The largest absolute Gasteiger partial charge is 0.311 e. The van der Waals surface area contributed by atoms with E-state index in [-0.39, 0.29) is 0 Å². The lowest BCUT2D eigenvalue weighted by Crippen LogP contribution is -2.62. The van der Waals surface area contributed by atoms with Gasteiger partial charge in [-0.1, -0.05) is 41.0 Å². The Hall–Kier alpha value is -0.0800. The number of piperazine rings is 1. The van der Waals surface area contributed by atoms with E-state index in [2.05, 4.69) is 44.8 Å². The van der Waals surface area contributed by atoms with Crippen LogP contribution in [-0.4, -0.2) is 36.1 Å². The average molecular weight is 280 g/mol. The van der Waals surface area contributed by atoms with Crippen LogP contribution in [-0.2, 0) is 0 Å². The third-order valence-electron chi connectivity index (χ3n) is 5.69. The van der Waals surface area contributed by atoms with Gasteiger partial charge >= 0.3 is 0 Å². The highest BCUT2D eigenvalue weighted by atomic mass is 15.3. The predicted molar refractivity (Wildman–Crippen MR) is 88.0 cm³/mol. The van der Waals surface area contributed by atoms with E-state index in [1.54, 1.807) is 0 Å². The molecule has 0 amide bonds. The molecular formula is C18H36N2. The minimum Gasteiger partial charge on any atom is -0.311 e. The summed E-state index contributed by atoms with van der Waals surface area (Å²) in [6.45, 7) is 14.5. The monoisotopic (exact) mass is 280 g/mol. The summed E-state index contributed by atoms with van der Waals surface area (Å²) in [5.41, 5.74) is 0. The molecule has 1 N–H and O–H groups in total. The van der Waals surface area contributed by atoms with Gasteiger partial charge < -0.3 is 5.32 Å². The zero-order valence-corrected chi connectivity index (χ0v) is 14.4. The van der Waals surface area contributed by atoms with E-state index in [1.165, 1.54) is 45.2 Å². The lowest BCUT2D eigenvalue weighted by Gasteiger charge is -2.50. The number of hydrogen-bond donors (Lipinski definition) is 1. The molecule has 1 aliphatic heterocycles. The van der Waals surface area contributed by atoms with Gasteiger partial charge in [0, 0.05) is 31.2 Å². The van der Waals surface area contributed by atoms with Crippen molar-refractivity contribution in [3.8, 4) is 0 Å². The van der Waals surface area contributed by atoms with Crippen LogP contribution in [0.5, 0.6) is 0 Å². The van der Waals surface area contributed by atoms with Gasteiger partial charge in [0.1, 0.15) is 0 Å². The van der Waals surface area contributed by atoms with E-state index in [1.807, 2.05) is 0 Å². The molecule has 0 aromatic carbocycles. The zero-order valence-electron chi connectivity index (χ0n) is 14.4. The molecule has 2 nitrogen and oxygen atoms in total. The number of nitrogens with zero attached hydrogens (tertiary/aromatic N) is 1. The molecule has 1 aliphatic carbocycles. The third kappa shape index (κ3) is 3.76. The molecule has 1 saturated carbocycles. The Balaban J connectivity index is 2.06. The van der Waals surface area contributed by atoms with Gasteiger partial charge in [-0.2, -0.15) is 0 Å². The average Bonchev–Trinajstić information content (AvgIpc) is 2.38. The second-order valence-electron chi connectivity index (χ2n) is 7.86. The van der Waals surface area contributed by atoms with Crippen molar-refractivity contribution in [3.05, 3.63) is 0 Å². The van der Waals surface area contributed by atoms with Gasteiger partial charge in [0.05, 0.1) is 0 Å². The summed E-state index contributed by atoms with van der Waals surface area (Å²) in [5.74, 6) is 2.57. The van der Waals surface area contributed by atoms with Crippen LogP contribution in [0.4, 0.5) is 0 Å². The minimum absolute atomic E-state index is 0.724. The summed E-state index contributed by atoms with van der Waals surface area (Å²) in [5, 5.41) is 3.80. The van der Waals surface area contributed by atoms with Gasteiger partial charge in [-0.15, -0.1) is 0 Å². The predicted octanol–water partition coefficient (Wildman–Crippen LogP) is 3.91. The smallest absolute Gasteiger partial charge is 0.0247 e. The van der Waals surface area contributed by atoms with Gasteiger partial charge in [-0.25, -0.2) is 0 Å². The van der Waals surface area contributed by atoms with Crippen LogP contribution in [0.25, 0.3) is 0 Å². The van der Waals surface area contributed by atoms with Crippen molar-refractivity contribution in [2.24, 2.45) is 17.8 Å². The topological polar surface area (TPSA) is 15.3 Å². The van der Waals surface area contributed by atoms with E-state index in [9.17, 15) is 0 Å². The number of nitrogens with one attached hydrogen (secondary N) is 1. The molecule has 0 bridgehead atoms. The summed E-state index contributed by atoms with van der Waals surface area (Å²) in [7, 11) is 0. The van der Waals surface area contributed by atoms with E-state index < -0.39 is 0 Å². The van der Waals surface area contributed by atoms with E-state index >= 15 is 0 Å². The summed E-state index contributed by atoms with van der Waals surface area (Å²) >= 11 is 0. The second-order valence-corrected chi connectivity index (χ2v) is 7.86.